The topological polar surface area (TPSA) is 57.7 Å². The van der Waals surface area contributed by atoms with E-state index < -0.39 is 0 Å². The quantitative estimate of drug-likeness (QED) is 0.927. The average Bonchev–Trinajstić information content (AvgIpc) is 2.62. The molecular weight excluding hydrogens is 316 g/mol. The summed E-state index contributed by atoms with van der Waals surface area (Å²) in [6.07, 6.45) is 1.66. The Labute approximate surface area is 148 Å². The minimum absolute atomic E-state index is 0.0204. The van der Waals surface area contributed by atoms with Crippen LogP contribution < -0.4 is 10.1 Å². The van der Waals surface area contributed by atoms with Gasteiger partial charge in [-0.05, 0) is 43.8 Å². The number of ether oxygens (including phenoxy) is 1. The van der Waals surface area contributed by atoms with Gasteiger partial charge in [0.2, 0.25) is 0 Å². The molecule has 3 rings (SSSR count). The smallest absolute Gasteiger partial charge is 0.272 e. The molecule has 0 radical (unpaired) electrons. The van der Waals surface area contributed by atoms with E-state index in [1.54, 1.807) is 19.4 Å². The third kappa shape index (κ3) is 4.09. The van der Waals surface area contributed by atoms with Crippen LogP contribution in [-0.2, 0) is 0 Å². The third-order valence-electron chi connectivity index (χ3n) is 4.40. The van der Waals surface area contributed by atoms with Crippen molar-refractivity contribution in [3.8, 4) is 5.75 Å². The molecule has 6 heteroatoms. The number of carbonyl (C=O) groups excluding carboxylic acids is 1. The molecule has 0 aliphatic carbocycles. The number of likely N-dealkylation sites (N-methyl/N-ethyl adjacent to an activating group) is 1. The molecule has 1 fully saturated rings. The maximum absolute atomic E-state index is 12.7. The Balaban J connectivity index is 1.78. The summed E-state index contributed by atoms with van der Waals surface area (Å²) in [6.45, 7) is 5.29. The predicted molar refractivity (Wildman–Crippen MR) is 98.7 cm³/mol. The number of piperazine rings is 1. The molecule has 0 bridgehead atoms. The first-order chi connectivity index (χ1) is 12.1. The lowest BCUT2D eigenvalue weighted by Crippen LogP contribution is -2.47. The number of amides is 1. The highest BCUT2D eigenvalue weighted by Gasteiger charge is 2.21. The van der Waals surface area contributed by atoms with Crippen molar-refractivity contribution in [1.82, 2.24) is 14.8 Å². The first-order valence-corrected chi connectivity index (χ1v) is 8.42. The van der Waals surface area contributed by atoms with Crippen molar-refractivity contribution in [2.45, 2.75) is 6.92 Å². The molecule has 2 aromatic rings. The van der Waals surface area contributed by atoms with E-state index in [0.29, 0.717) is 5.69 Å². The predicted octanol–water partition coefficient (Wildman–Crippen LogP) is 2.53. The van der Waals surface area contributed by atoms with E-state index in [0.717, 1.165) is 48.9 Å². The first-order valence-electron chi connectivity index (χ1n) is 8.42. The second kappa shape index (κ2) is 7.53. The average molecular weight is 340 g/mol. The Morgan fingerprint density at radius 3 is 2.64 bits per heavy atom. The molecule has 25 heavy (non-hydrogen) atoms. The highest BCUT2D eigenvalue weighted by atomic mass is 16.5. The lowest BCUT2D eigenvalue weighted by molar-refractivity contribution is 0.0658. The number of nitrogens with zero attached hydrogens (tertiary/aromatic N) is 3. The standard InChI is InChI=1S/C19H24N4O2/c1-14-4-5-18(25-3)16(12-14)21-15-6-7-20-17(13-15)19(24)23-10-8-22(2)9-11-23/h4-7,12-13H,8-11H2,1-3H3,(H,20,21). The fraction of sp³-hybridized carbons (Fsp3) is 0.368. The van der Waals surface area contributed by atoms with Gasteiger partial charge in [0.05, 0.1) is 12.8 Å². The molecule has 1 amide bonds. The molecule has 2 heterocycles. The summed E-state index contributed by atoms with van der Waals surface area (Å²) >= 11 is 0. The van der Waals surface area contributed by atoms with Crippen LogP contribution in [0.4, 0.5) is 11.4 Å². The summed E-state index contributed by atoms with van der Waals surface area (Å²) in [6, 6.07) is 9.58. The van der Waals surface area contributed by atoms with Crippen molar-refractivity contribution in [3.63, 3.8) is 0 Å². The van der Waals surface area contributed by atoms with Gasteiger partial charge in [-0.2, -0.15) is 0 Å². The minimum Gasteiger partial charge on any atom is -0.495 e. The number of methoxy groups -OCH3 is 1. The van der Waals surface area contributed by atoms with Crippen molar-refractivity contribution < 1.29 is 9.53 Å². The van der Waals surface area contributed by atoms with E-state index in [-0.39, 0.29) is 5.91 Å². The van der Waals surface area contributed by atoms with Crippen LogP contribution in [0.15, 0.2) is 36.5 Å². The number of aryl methyl sites for hydroxylation is 1. The van der Waals surface area contributed by atoms with Gasteiger partial charge in [-0.3, -0.25) is 9.78 Å². The molecule has 1 saturated heterocycles. The Kier molecular flexibility index (Phi) is 5.19. The van der Waals surface area contributed by atoms with Gasteiger partial charge in [-0.25, -0.2) is 0 Å². The summed E-state index contributed by atoms with van der Waals surface area (Å²) in [5.74, 6) is 0.738. The maximum atomic E-state index is 12.7. The third-order valence-corrected chi connectivity index (χ3v) is 4.40. The zero-order valence-corrected chi connectivity index (χ0v) is 15.0. The van der Waals surface area contributed by atoms with Crippen molar-refractivity contribution in [2.75, 3.05) is 45.7 Å². The van der Waals surface area contributed by atoms with E-state index in [9.17, 15) is 4.79 Å². The van der Waals surface area contributed by atoms with Crippen LogP contribution in [-0.4, -0.2) is 61.0 Å². The number of carbonyl (C=O) groups is 1. The summed E-state index contributed by atoms with van der Waals surface area (Å²) in [7, 11) is 3.71. The van der Waals surface area contributed by atoms with Gasteiger partial charge in [-0.15, -0.1) is 0 Å². The van der Waals surface area contributed by atoms with Gasteiger partial charge >= 0.3 is 0 Å². The molecule has 1 aliphatic rings. The van der Waals surface area contributed by atoms with E-state index in [4.69, 9.17) is 4.74 Å². The van der Waals surface area contributed by atoms with Crippen LogP contribution in [0.1, 0.15) is 16.1 Å². The Bertz CT molecular complexity index is 755. The van der Waals surface area contributed by atoms with Crippen molar-refractivity contribution >= 4 is 17.3 Å². The zero-order chi connectivity index (χ0) is 17.8. The zero-order valence-electron chi connectivity index (χ0n) is 15.0. The number of nitrogens with one attached hydrogen (secondary N) is 1. The number of aromatic nitrogens is 1. The number of hydrogen-bond donors (Lipinski definition) is 1. The van der Waals surface area contributed by atoms with Gasteiger partial charge in [0, 0.05) is 38.1 Å². The molecule has 1 aromatic heterocycles. The summed E-state index contributed by atoms with van der Waals surface area (Å²) in [4.78, 5) is 21.0. The van der Waals surface area contributed by atoms with Crippen LogP contribution in [0, 0.1) is 6.92 Å². The van der Waals surface area contributed by atoms with Crippen molar-refractivity contribution in [2.24, 2.45) is 0 Å². The monoisotopic (exact) mass is 340 g/mol. The van der Waals surface area contributed by atoms with Gasteiger partial charge in [0.1, 0.15) is 11.4 Å². The normalized spacial score (nSPS) is 15.1. The van der Waals surface area contributed by atoms with Gasteiger partial charge < -0.3 is 19.9 Å². The number of benzene rings is 1. The molecule has 0 saturated carbocycles. The van der Waals surface area contributed by atoms with Gasteiger partial charge in [0.25, 0.3) is 5.91 Å². The van der Waals surface area contributed by atoms with Gasteiger partial charge in [0.15, 0.2) is 0 Å². The Morgan fingerprint density at radius 2 is 1.92 bits per heavy atom. The minimum atomic E-state index is -0.0204. The highest BCUT2D eigenvalue weighted by molar-refractivity contribution is 5.93. The lowest BCUT2D eigenvalue weighted by Gasteiger charge is -2.32. The van der Waals surface area contributed by atoms with Crippen LogP contribution in [0.3, 0.4) is 0 Å². The molecule has 0 unspecified atom stereocenters. The molecular formula is C19H24N4O2. The summed E-state index contributed by atoms with van der Waals surface area (Å²) < 4.78 is 5.40. The second-order valence-electron chi connectivity index (χ2n) is 6.35. The van der Waals surface area contributed by atoms with Crippen LogP contribution in [0.2, 0.25) is 0 Å². The van der Waals surface area contributed by atoms with E-state index in [1.807, 2.05) is 36.1 Å². The molecule has 0 atom stereocenters. The van der Waals surface area contributed by atoms with Crippen LogP contribution >= 0.6 is 0 Å². The number of pyridine rings is 1. The number of hydrogen-bond acceptors (Lipinski definition) is 5. The first kappa shape index (κ1) is 17.2. The molecule has 1 aliphatic heterocycles. The molecule has 1 aromatic carbocycles. The van der Waals surface area contributed by atoms with E-state index >= 15 is 0 Å². The largest absolute Gasteiger partial charge is 0.495 e. The second-order valence-corrected chi connectivity index (χ2v) is 6.35. The molecule has 132 valence electrons. The number of rotatable bonds is 4. The fourth-order valence-electron chi connectivity index (χ4n) is 2.87. The Morgan fingerprint density at radius 1 is 1.16 bits per heavy atom. The van der Waals surface area contributed by atoms with E-state index in [1.165, 1.54) is 0 Å². The molecule has 1 N–H and O–H groups in total. The molecule has 6 nitrogen and oxygen atoms in total. The Hall–Kier alpha value is -2.60. The lowest BCUT2D eigenvalue weighted by atomic mass is 10.2. The highest BCUT2D eigenvalue weighted by Crippen LogP contribution is 2.28. The SMILES string of the molecule is COc1ccc(C)cc1Nc1ccnc(C(=O)N2CCN(C)CC2)c1. The van der Waals surface area contributed by atoms with Crippen molar-refractivity contribution in [3.05, 3.63) is 47.8 Å². The van der Waals surface area contributed by atoms with Crippen LogP contribution in [0.25, 0.3) is 0 Å². The van der Waals surface area contributed by atoms with Crippen molar-refractivity contribution in [1.29, 1.82) is 0 Å². The molecule has 0 spiro atoms. The summed E-state index contributed by atoms with van der Waals surface area (Å²) in [5, 5.41) is 3.33. The maximum Gasteiger partial charge on any atom is 0.272 e. The number of anilines is 2. The summed E-state index contributed by atoms with van der Waals surface area (Å²) in [5.41, 5.74) is 3.27. The van der Waals surface area contributed by atoms with Gasteiger partial charge in [-0.1, -0.05) is 6.07 Å². The van der Waals surface area contributed by atoms with E-state index in [2.05, 4.69) is 22.2 Å². The van der Waals surface area contributed by atoms with Crippen LogP contribution in [0.5, 0.6) is 5.75 Å². The fourth-order valence-corrected chi connectivity index (χ4v) is 2.87.